The lowest BCUT2D eigenvalue weighted by atomic mass is 10.2. The van der Waals surface area contributed by atoms with Crippen LogP contribution in [0.4, 0.5) is 0 Å². The van der Waals surface area contributed by atoms with Gasteiger partial charge in [0.2, 0.25) is 0 Å². The summed E-state index contributed by atoms with van der Waals surface area (Å²) in [5, 5.41) is 3.28. The molecular weight excluding hydrogens is 290 g/mol. The van der Waals surface area contributed by atoms with Crippen molar-refractivity contribution in [2.24, 2.45) is 0 Å². The van der Waals surface area contributed by atoms with Crippen LogP contribution in [-0.4, -0.2) is 38.7 Å². The zero-order chi connectivity index (χ0) is 15.9. The van der Waals surface area contributed by atoms with E-state index >= 15 is 0 Å². The average molecular weight is 315 g/mol. The van der Waals surface area contributed by atoms with Gasteiger partial charge in [0.15, 0.2) is 5.03 Å². The summed E-state index contributed by atoms with van der Waals surface area (Å²) in [6.07, 6.45) is 1.58. The molecule has 0 aromatic carbocycles. The van der Waals surface area contributed by atoms with Gasteiger partial charge < -0.3 is 10.1 Å². The van der Waals surface area contributed by atoms with E-state index in [1.54, 1.807) is 19.2 Å². The summed E-state index contributed by atoms with van der Waals surface area (Å²) in [5.41, 5.74) is 0.949. The lowest BCUT2D eigenvalue weighted by Crippen LogP contribution is -2.36. The molecule has 21 heavy (non-hydrogen) atoms. The molecule has 0 bridgehead atoms. The molecule has 0 spiro atoms. The Morgan fingerprint density at radius 3 is 2.52 bits per heavy atom. The number of rotatable bonds is 9. The second kappa shape index (κ2) is 8.43. The molecular formula is C14H25N3O3S. The van der Waals surface area contributed by atoms with Crippen molar-refractivity contribution in [3.8, 4) is 0 Å². The van der Waals surface area contributed by atoms with Crippen molar-refractivity contribution in [3.63, 3.8) is 0 Å². The normalized spacial score (nSPS) is 13.6. The van der Waals surface area contributed by atoms with Gasteiger partial charge in [-0.25, -0.2) is 18.1 Å². The summed E-state index contributed by atoms with van der Waals surface area (Å²) in [6.45, 7) is 9.29. The Kier molecular flexibility index (Phi) is 7.24. The molecule has 1 rings (SSSR count). The molecule has 7 heteroatoms. The molecule has 1 heterocycles. The number of nitrogens with zero attached hydrogens (tertiary/aromatic N) is 1. The van der Waals surface area contributed by atoms with Gasteiger partial charge in [-0.3, -0.25) is 0 Å². The Morgan fingerprint density at radius 1 is 1.29 bits per heavy atom. The van der Waals surface area contributed by atoms with Crippen LogP contribution >= 0.6 is 0 Å². The maximum atomic E-state index is 12.1. The number of sulfonamides is 1. The van der Waals surface area contributed by atoms with Gasteiger partial charge in [-0.2, -0.15) is 0 Å². The molecule has 1 atom stereocenters. The minimum absolute atomic E-state index is 0.0270. The van der Waals surface area contributed by atoms with Gasteiger partial charge in [0.1, 0.15) is 0 Å². The van der Waals surface area contributed by atoms with Crippen molar-refractivity contribution in [1.29, 1.82) is 0 Å². The van der Waals surface area contributed by atoms with Crippen LogP contribution in [-0.2, 0) is 21.3 Å². The van der Waals surface area contributed by atoms with Crippen LogP contribution in [0.5, 0.6) is 0 Å². The number of ether oxygens (including phenoxy) is 1. The van der Waals surface area contributed by atoms with E-state index in [0.717, 1.165) is 5.56 Å². The predicted molar refractivity (Wildman–Crippen MR) is 82.5 cm³/mol. The van der Waals surface area contributed by atoms with Crippen LogP contribution in [0.3, 0.4) is 0 Å². The number of pyridine rings is 1. The maximum absolute atomic E-state index is 12.1. The second-order valence-electron chi connectivity index (χ2n) is 5.22. The summed E-state index contributed by atoms with van der Waals surface area (Å²) in [7, 11) is -3.60. The molecule has 6 nitrogen and oxygen atoms in total. The van der Waals surface area contributed by atoms with E-state index in [0.29, 0.717) is 25.8 Å². The molecule has 120 valence electrons. The summed E-state index contributed by atoms with van der Waals surface area (Å²) >= 11 is 0. The first-order valence-corrected chi connectivity index (χ1v) is 8.62. The van der Waals surface area contributed by atoms with E-state index in [1.165, 1.54) is 6.07 Å². The van der Waals surface area contributed by atoms with Crippen LogP contribution in [0, 0.1) is 0 Å². The van der Waals surface area contributed by atoms with E-state index in [2.05, 4.69) is 28.9 Å². The molecule has 1 aromatic rings. The van der Waals surface area contributed by atoms with E-state index in [-0.39, 0.29) is 11.1 Å². The highest BCUT2D eigenvalue weighted by molar-refractivity contribution is 7.89. The zero-order valence-corrected chi connectivity index (χ0v) is 13.9. The Balaban J connectivity index is 2.66. The fourth-order valence-electron chi connectivity index (χ4n) is 1.65. The van der Waals surface area contributed by atoms with E-state index in [4.69, 9.17) is 4.74 Å². The largest absolute Gasteiger partial charge is 0.380 e. The number of hydrogen-bond donors (Lipinski definition) is 2. The fourth-order valence-corrected chi connectivity index (χ4v) is 2.81. The molecule has 0 saturated carbocycles. The van der Waals surface area contributed by atoms with Gasteiger partial charge >= 0.3 is 0 Å². The average Bonchev–Trinajstić information content (AvgIpc) is 2.43. The maximum Gasteiger partial charge on any atom is 0.258 e. The third-order valence-corrected chi connectivity index (χ3v) is 4.22. The molecule has 1 aromatic heterocycles. The fraction of sp³-hybridized carbons (Fsp3) is 0.643. The first-order valence-electron chi connectivity index (χ1n) is 7.13. The highest BCUT2D eigenvalue weighted by atomic mass is 32.2. The van der Waals surface area contributed by atoms with Crippen LogP contribution in [0.1, 0.15) is 33.3 Å². The van der Waals surface area contributed by atoms with Crippen molar-refractivity contribution >= 4 is 10.0 Å². The molecule has 0 amide bonds. The SMILES string of the molecule is CCOCC(C)NS(=O)(=O)c1ccc(CNC(C)C)cn1. The first kappa shape index (κ1) is 18.0. The van der Waals surface area contributed by atoms with E-state index in [1.807, 2.05) is 6.92 Å². The quantitative estimate of drug-likeness (QED) is 0.717. The Labute approximate surface area is 127 Å². The lowest BCUT2D eigenvalue weighted by molar-refractivity contribution is 0.133. The molecule has 0 saturated heterocycles. The van der Waals surface area contributed by atoms with Gasteiger partial charge in [0, 0.05) is 31.4 Å². The minimum atomic E-state index is -3.60. The van der Waals surface area contributed by atoms with Crippen molar-refractivity contribution < 1.29 is 13.2 Å². The highest BCUT2D eigenvalue weighted by Gasteiger charge is 2.18. The van der Waals surface area contributed by atoms with E-state index in [9.17, 15) is 8.42 Å². The number of hydrogen-bond acceptors (Lipinski definition) is 5. The van der Waals surface area contributed by atoms with Crippen molar-refractivity contribution in [3.05, 3.63) is 23.9 Å². The Hall–Kier alpha value is -1.02. The van der Waals surface area contributed by atoms with Crippen LogP contribution < -0.4 is 10.0 Å². The van der Waals surface area contributed by atoms with Crippen molar-refractivity contribution in [2.45, 2.75) is 51.3 Å². The van der Waals surface area contributed by atoms with Gasteiger partial charge in [-0.15, -0.1) is 0 Å². The summed E-state index contributed by atoms with van der Waals surface area (Å²) in [5.74, 6) is 0. The molecule has 0 aliphatic heterocycles. The van der Waals surface area contributed by atoms with Crippen LogP contribution in [0.15, 0.2) is 23.4 Å². The third-order valence-electron chi connectivity index (χ3n) is 2.72. The van der Waals surface area contributed by atoms with Gasteiger partial charge in [0.25, 0.3) is 10.0 Å². The van der Waals surface area contributed by atoms with Gasteiger partial charge in [0.05, 0.1) is 6.61 Å². The molecule has 0 radical (unpaired) electrons. The molecule has 0 aliphatic rings. The molecule has 1 unspecified atom stereocenters. The van der Waals surface area contributed by atoms with Crippen molar-refractivity contribution in [2.75, 3.05) is 13.2 Å². The summed E-state index contributed by atoms with van der Waals surface area (Å²) in [4.78, 5) is 4.03. The molecule has 2 N–H and O–H groups in total. The zero-order valence-electron chi connectivity index (χ0n) is 13.1. The second-order valence-corrected chi connectivity index (χ2v) is 6.88. The summed E-state index contributed by atoms with van der Waals surface area (Å²) in [6, 6.07) is 3.37. The number of nitrogens with one attached hydrogen (secondary N) is 2. The Bertz CT molecular complexity index is 515. The lowest BCUT2D eigenvalue weighted by Gasteiger charge is -2.14. The molecule has 0 fully saturated rings. The predicted octanol–water partition coefficient (Wildman–Crippen LogP) is 1.28. The standard InChI is InChI=1S/C14H25N3O3S/c1-5-20-10-12(4)17-21(18,19)14-7-6-13(9-16-14)8-15-11(2)3/h6-7,9,11-12,15,17H,5,8,10H2,1-4H3. The van der Waals surface area contributed by atoms with Gasteiger partial charge in [-0.1, -0.05) is 19.9 Å². The number of aromatic nitrogens is 1. The van der Waals surface area contributed by atoms with Crippen LogP contribution in [0.2, 0.25) is 0 Å². The van der Waals surface area contributed by atoms with Gasteiger partial charge in [-0.05, 0) is 25.5 Å². The molecule has 0 aliphatic carbocycles. The first-order chi connectivity index (χ1) is 9.85. The smallest absolute Gasteiger partial charge is 0.258 e. The minimum Gasteiger partial charge on any atom is -0.380 e. The highest BCUT2D eigenvalue weighted by Crippen LogP contribution is 2.07. The topological polar surface area (TPSA) is 80.3 Å². The van der Waals surface area contributed by atoms with E-state index < -0.39 is 10.0 Å². The van der Waals surface area contributed by atoms with Crippen molar-refractivity contribution in [1.82, 2.24) is 15.0 Å². The van der Waals surface area contributed by atoms with Crippen LogP contribution in [0.25, 0.3) is 0 Å². The third kappa shape index (κ3) is 6.52. The summed E-state index contributed by atoms with van der Waals surface area (Å²) < 4.78 is 32.0. The Morgan fingerprint density at radius 2 is 2.00 bits per heavy atom. The monoisotopic (exact) mass is 315 g/mol.